The lowest BCUT2D eigenvalue weighted by molar-refractivity contribution is 0.305. The summed E-state index contributed by atoms with van der Waals surface area (Å²) < 4.78 is 37.2. The van der Waals surface area contributed by atoms with E-state index < -0.39 is 0 Å². The van der Waals surface area contributed by atoms with Gasteiger partial charge in [-0.25, -0.2) is 8.78 Å². The average molecular weight is 260 g/mol. The molecule has 0 bridgehead atoms. The zero-order chi connectivity index (χ0) is 13.2. The Balaban J connectivity index is 1.84. The summed E-state index contributed by atoms with van der Waals surface area (Å²) in [4.78, 5) is 0. The van der Waals surface area contributed by atoms with Crippen LogP contribution in [0.3, 0.4) is 0 Å². The molecule has 3 aromatic rings. The summed E-state index contributed by atoms with van der Waals surface area (Å²) in [6, 6.07) is 10.3. The van der Waals surface area contributed by atoms with E-state index in [0.717, 1.165) is 0 Å². The van der Waals surface area contributed by atoms with Gasteiger partial charge in [0, 0.05) is 5.56 Å². The first-order valence-electron chi connectivity index (χ1n) is 5.77. The van der Waals surface area contributed by atoms with E-state index in [4.69, 9.17) is 9.15 Å². The highest BCUT2D eigenvalue weighted by atomic mass is 19.1. The molecule has 0 spiro atoms. The van der Waals surface area contributed by atoms with E-state index in [1.807, 2.05) is 0 Å². The van der Waals surface area contributed by atoms with Gasteiger partial charge in [-0.15, -0.1) is 0 Å². The Labute approximate surface area is 108 Å². The van der Waals surface area contributed by atoms with Crippen LogP contribution in [-0.4, -0.2) is 0 Å². The third kappa shape index (κ3) is 2.29. The number of hydrogen-bond donors (Lipinski definition) is 0. The van der Waals surface area contributed by atoms with Gasteiger partial charge in [0.15, 0.2) is 0 Å². The van der Waals surface area contributed by atoms with Crippen LogP contribution in [0.25, 0.3) is 11.0 Å². The monoisotopic (exact) mass is 260 g/mol. The maximum absolute atomic E-state index is 13.7. The molecule has 0 aliphatic heterocycles. The molecule has 0 aliphatic rings. The summed E-state index contributed by atoms with van der Waals surface area (Å²) in [5.41, 5.74) is 1.11. The van der Waals surface area contributed by atoms with E-state index in [-0.39, 0.29) is 18.2 Å². The van der Waals surface area contributed by atoms with Gasteiger partial charge in [0.25, 0.3) is 0 Å². The van der Waals surface area contributed by atoms with Crippen molar-refractivity contribution >= 4 is 11.0 Å². The van der Waals surface area contributed by atoms with Crippen molar-refractivity contribution in [1.29, 1.82) is 0 Å². The largest absolute Gasteiger partial charge is 0.489 e. The summed E-state index contributed by atoms with van der Waals surface area (Å²) in [6.07, 6.45) is 1.47. The highest BCUT2D eigenvalue weighted by molar-refractivity contribution is 5.81. The van der Waals surface area contributed by atoms with E-state index in [2.05, 4.69) is 0 Å². The minimum Gasteiger partial charge on any atom is -0.489 e. The van der Waals surface area contributed by atoms with Gasteiger partial charge in [0.2, 0.25) is 0 Å². The summed E-state index contributed by atoms with van der Waals surface area (Å²) in [6.45, 7) is 0.166. The number of rotatable bonds is 3. The zero-order valence-electron chi connectivity index (χ0n) is 9.90. The minimum atomic E-state index is -0.344. The molecule has 0 aliphatic carbocycles. The van der Waals surface area contributed by atoms with Gasteiger partial charge in [-0.2, -0.15) is 0 Å². The fourth-order valence-electron chi connectivity index (χ4n) is 1.91. The quantitative estimate of drug-likeness (QED) is 0.701. The van der Waals surface area contributed by atoms with Crippen LogP contribution in [-0.2, 0) is 6.61 Å². The topological polar surface area (TPSA) is 22.4 Å². The van der Waals surface area contributed by atoms with Crippen LogP contribution in [0, 0.1) is 11.6 Å². The Hall–Kier alpha value is -2.36. The van der Waals surface area contributed by atoms with Crippen LogP contribution in [0.1, 0.15) is 5.56 Å². The van der Waals surface area contributed by atoms with Crippen LogP contribution < -0.4 is 4.74 Å². The first-order chi connectivity index (χ1) is 9.24. The Morgan fingerprint density at radius 1 is 1.00 bits per heavy atom. The molecule has 96 valence electrons. The Kier molecular flexibility index (Phi) is 2.91. The molecule has 1 heterocycles. The van der Waals surface area contributed by atoms with Crippen LogP contribution in [0.2, 0.25) is 0 Å². The van der Waals surface area contributed by atoms with Gasteiger partial charge >= 0.3 is 0 Å². The predicted molar refractivity (Wildman–Crippen MR) is 66.9 cm³/mol. The maximum atomic E-state index is 13.7. The van der Waals surface area contributed by atoms with Crippen molar-refractivity contribution in [3.8, 4) is 5.75 Å². The summed E-state index contributed by atoms with van der Waals surface area (Å²) >= 11 is 0. The fraction of sp³-hybridized carbons (Fsp3) is 0.0667. The zero-order valence-corrected chi connectivity index (χ0v) is 9.90. The lowest BCUT2D eigenvalue weighted by atomic mass is 10.2. The Morgan fingerprint density at radius 3 is 2.58 bits per heavy atom. The molecule has 0 fully saturated rings. The van der Waals surface area contributed by atoms with Gasteiger partial charge in [0.1, 0.15) is 29.6 Å². The molecule has 0 saturated carbocycles. The van der Waals surface area contributed by atoms with Gasteiger partial charge in [-0.05, 0) is 36.4 Å². The minimum absolute atomic E-state index is 0.166. The molecule has 2 nitrogen and oxygen atoms in total. The molecule has 2 aromatic carbocycles. The van der Waals surface area contributed by atoms with Gasteiger partial charge in [0.05, 0.1) is 11.6 Å². The van der Waals surface area contributed by atoms with Crippen molar-refractivity contribution in [3.05, 3.63) is 65.9 Å². The molecule has 0 unspecified atom stereocenters. The van der Waals surface area contributed by atoms with Crippen molar-refractivity contribution in [2.24, 2.45) is 0 Å². The smallest absolute Gasteiger partial charge is 0.137 e. The average Bonchev–Trinajstić information content (AvgIpc) is 2.83. The molecular formula is C15H10F2O2. The second-order valence-electron chi connectivity index (χ2n) is 4.12. The van der Waals surface area contributed by atoms with Gasteiger partial charge in [-0.3, -0.25) is 0 Å². The van der Waals surface area contributed by atoms with Gasteiger partial charge in [-0.1, -0.05) is 6.07 Å². The van der Waals surface area contributed by atoms with Crippen molar-refractivity contribution in [3.63, 3.8) is 0 Å². The van der Waals surface area contributed by atoms with E-state index in [0.29, 0.717) is 22.3 Å². The van der Waals surface area contributed by atoms with Crippen LogP contribution in [0.5, 0.6) is 5.75 Å². The molecule has 4 heteroatoms. The Bertz CT molecular complexity index is 702. The highest BCUT2D eigenvalue weighted by Gasteiger charge is 2.10. The second-order valence-corrected chi connectivity index (χ2v) is 4.12. The van der Waals surface area contributed by atoms with Crippen molar-refractivity contribution in [1.82, 2.24) is 0 Å². The second kappa shape index (κ2) is 4.72. The lowest BCUT2D eigenvalue weighted by Gasteiger charge is -2.04. The van der Waals surface area contributed by atoms with Gasteiger partial charge < -0.3 is 9.15 Å². The molecule has 0 saturated heterocycles. The molecular weight excluding hydrogens is 250 g/mol. The first kappa shape index (κ1) is 11.7. The number of ether oxygens (including phenoxy) is 1. The number of furan rings is 1. The number of hydrogen-bond acceptors (Lipinski definition) is 2. The standard InChI is InChI=1S/C15H10F2O2/c16-11-4-6-12(7-5-11)18-8-10-9-19-14-3-1-2-13(17)15(10)14/h1-7,9H,8H2. The highest BCUT2D eigenvalue weighted by Crippen LogP contribution is 2.25. The van der Waals surface area contributed by atoms with E-state index in [1.165, 1.54) is 36.6 Å². The SMILES string of the molecule is Fc1ccc(OCc2coc3cccc(F)c23)cc1. The molecule has 0 atom stereocenters. The molecule has 1 aromatic heterocycles. The number of fused-ring (bicyclic) bond motifs is 1. The lowest BCUT2D eigenvalue weighted by Crippen LogP contribution is -1.95. The molecule has 0 radical (unpaired) electrons. The molecule has 3 rings (SSSR count). The van der Waals surface area contributed by atoms with Crippen LogP contribution in [0.15, 0.2) is 53.1 Å². The summed E-state index contributed by atoms with van der Waals surface area (Å²) in [5, 5.41) is 0.421. The van der Waals surface area contributed by atoms with Crippen molar-refractivity contribution in [2.45, 2.75) is 6.61 Å². The van der Waals surface area contributed by atoms with Crippen molar-refractivity contribution < 1.29 is 17.9 Å². The third-order valence-electron chi connectivity index (χ3n) is 2.83. The first-order valence-corrected chi connectivity index (χ1v) is 5.77. The van der Waals surface area contributed by atoms with Crippen LogP contribution in [0.4, 0.5) is 8.78 Å². The van der Waals surface area contributed by atoms with Crippen LogP contribution >= 0.6 is 0 Å². The van der Waals surface area contributed by atoms with E-state index >= 15 is 0 Å². The maximum Gasteiger partial charge on any atom is 0.137 e. The molecule has 0 N–H and O–H groups in total. The van der Waals surface area contributed by atoms with Crippen molar-refractivity contribution in [2.75, 3.05) is 0 Å². The predicted octanol–water partition coefficient (Wildman–Crippen LogP) is 4.29. The third-order valence-corrected chi connectivity index (χ3v) is 2.83. The normalized spacial score (nSPS) is 10.8. The Morgan fingerprint density at radius 2 is 1.79 bits per heavy atom. The number of halogens is 2. The number of benzene rings is 2. The molecule has 0 amide bonds. The summed E-state index contributed by atoms with van der Waals surface area (Å²) in [7, 11) is 0. The molecule has 19 heavy (non-hydrogen) atoms. The van der Waals surface area contributed by atoms with E-state index in [9.17, 15) is 8.78 Å². The van der Waals surface area contributed by atoms with E-state index in [1.54, 1.807) is 12.1 Å². The summed E-state index contributed by atoms with van der Waals surface area (Å²) in [5.74, 6) is -0.150. The fourth-order valence-corrected chi connectivity index (χ4v) is 1.91.